The van der Waals surface area contributed by atoms with E-state index in [0.29, 0.717) is 39.1 Å². The largest absolute Gasteiger partial charge is 0.354 e. The highest BCUT2D eigenvalue weighted by molar-refractivity contribution is 7.92. The second-order valence-electron chi connectivity index (χ2n) is 7.54. The van der Waals surface area contributed by atoms with Gasteiger partial charge in [-0.1, -0.05) is 11.6 Å². The van der Waals surface area contributed by atoms with Crippen LogP contribution in [0.3, 0.4) is 0 Å². The summed E-state index contributed by atoms with van der Waals surface area (Å²) in [6.45, 7) is 1.54. The molecule has 2 aromatic carbocycles. The number of nitrogens with one attached hydrogen (secondary N) is 2. The molecule has 0 spiro atoms. The summed E-state index contributed by atoms with van der Waals surface area (Å²) < 4.78 is 43.3. The molecular formula is C22H21ClFN5O3S. The number of halogens is 2. The van der Waals surface area contributed by atoms with E-state index in [1.54, 1.807) is 56.3 Å². The van der Waals surface area contributed by atoms with Crippen molar-refractivity contribution in [2.24, 2.45) is 14.1 Å². The van der Waals surface area contributed by atoms with Gasteiger partial charge in [-0.15, -0.1) is 0 Å². The number of rotatable bonds is 6. The molecule has 0 fully saturated rings. The lowest BCUT2D eigenvalue weighted by atomic mass is 10.0. The van der Waals surface area contributed by atoms with Gasteiger partial charge in [0.25, 0.3) is 5.56 Å². The third kappa shape index (κ3) is 4.57. The SMILES string of the molecule is CCS(=O)(=O)Nc1ccc(Nc2ccc(F)cc2Cl)c(-c2cn(C)c(=O)c3cn(C)nc23)c1. The Bertz CT molecular complexity index is 1550. The van der Waals surface area contributed by atoms with Crippen LogP contribution in [0.4, 0.5) is 21.5 Å². The van der Waals surface area contributed by atoms with Crippen LogP contribution < -0.4 is 15.6 Å². The van der Waals surface area contributed by atoms with Gasteiger partial charge >= 0.3 is 0 Å². The van der Waals surface area contributed by atoms with Gasteiger partial charge in [-0.2, -0.15) is 5.10 Å². The van der Waals surface area contributed by atoms with Crippen LogP contribution in [0.5, 0.6) is 0 Å². The van der Waals surface area contributed by atoms with Crippen molar-refractivity contribution in [3.05, 3.63) is 70.0 Å². The van der Waals surface area contributed by atoms with E-state index in [4.69, 9.17) is 11.6 Å². The van der Waals surface area contributed by atoms with Crippen LogP contribution in [0.1, 0.15) is 6.92 Å². The minimum atomic E-state index is -3.52. The van der Waals surface area contributed by atoms with Gasteiger partial charge in [-0.05, 0) is 43.3 Å². The van der Waals surface area contributed by atoms with Gasteiger partial charge in [0.2, 0.25) is 10.0 Å². The average Bonchev–Trinajstić information content (AvgIpc) is 3.15. The Kier molecular flexibility index (Phi) is 5.89. The Morgan fingerprint density at radius 3 is 2.48 bits per heavy atom. The molecule has 172 valence electrons. The van der Waals surface area contributed by atoms with Gasteiger partial charge in [0.05, 0.1) is 21.8 Å². The zero-order chi connectivity index (χ0) is 23.9. The zero-order valence-electron chi connectivity index (χ0n) is 18.1. The highest BCUT2D eigenvalue weighted by Crippen LogP contribution is 2.37. The lowest BCUT2D eigenvalue weighted by Gasteiger charge is -2.17. The Balaban J connectivity index is 1.95. The molecule has 0 amide bonds. The van der Waals surface area contributed by atoms with Crippen molar-refractivity contribution < 1.29 is 12.8 Å². The van der Waals surface area contributed by atoms with Crippen LogP contribution in [-0.2, 0) is 24.1 Å². The number of aryl methyl sites for hydroxylation is 2. The summed E-state index contributed by atoms with van der Waals surface area (Å²) >= 11 is 6.20. The molecule has 4 aromatic rings. The van der Waals surface area contributed by atoms with Crippen molar-refractivity contribution in [2.45, 2.75) is 6.92 Å². The van der Waals surface area contributed by atoms with E-state index in [2.05, 4.69) is 15.1 Å². The number of aromatic nitrogens is 3. The first kappa shape index (κ1) is 22.8. The molecule has 0 aliphatic rings. The molecule has 8 nitrogen and oxygen atoms in total. The molecule has 0 aliphatic carbocycles. The standard InChI is InChI=1S/C22H21ClFN5O3S/c1-4-33(31,32)27-14-6-8-19(25-20-7-5-13(24)9-18(20)23)15(10-14)16-11-28(2)22(30)17-12-29(3)26-21(16)17/h5-12,25,27H,4H2,1-3H3. The van der Waals surface area contributed by atoms with Crippen LogP contribution in [0.15, 0.2) is 53.6 Å². The molecule has 11 heteroatoms. The minimum absolute atomic E-state index is 0.0855. The number of hydrogen-bond acceptors (Lipinski definition) is 5. The Morgan fingerprint density at radius 2 is 1.79 bits per heavy atom. The zero-order valence-corrected chi connectivity index (χ0v) is 19.6. The highest BCUT2D eigenvalue weighted by Gasteiger charge is 2.18. The van der Waals surface area contributed by atoms with E-state index < -0.39 is 15.8 Å². The molecule has 0 atom stereocenters. The van der Waals surface area contributed by atoms with E-state index in [1.807, 2.05) is 0 Å². The second kappa shape index (κ2) is 8.53. The fourth-order valence-corrected chi connectivity index (χ4v) is 4.32. The molecule has 2 aromatic heterocycles. The monoisotopic (exact) mass is 489 g/mol. The van der Waals surface area contributed by atoms with E-state index in [9.17, 15) is 17.6 Å². The van der Waals surface area contributed by atoms with Crippen LogP contribution in [0.2, 0.25) is 5.02 Å². The van der Waals surface area contributed by atoms with Gasteiger partial charge in [0.15, 0.2) is 0 Å². The lowest BCUT2D eigenvalue weighted by Crippen LogP contribution is -2.16. The fraction of sp³-hybridized carbons (Fsp3) is 0.182. The number of sulfonamides is 1. The van der Waals surface area contributed by atoms with Crippen LogP contribution in [-0.4, -0.2) is 28.5 Å². The normalized spacial score (nSPS) is 11.7. The lowest BCUT2D eigenvalue weighted by molar-refractivity contribution is 0.602. The fourth-order valence-electron chi connectivity index (χ4n) is 3.47. The van der Waals surface area contributed by atoms with Gasteiger partial charge < -0.3 is 9.88 Å². The van der Waals surface area contributed by atoms with Crippen molar-refractivity contribution in [1.82, 2.24) is 14.3 Å². The minimum Gasteiger partial charge on any atom is -0.354 e. The number of hydrogen-bond donors (Lipinski definition) is 2. The number of anilines is 3. The van der Waals surface area contributed by atoms with E-state index in [0.717, 1.165) is 0 Å². The molecule has 2 heterocycles. The molecule has 0 radical (unpaired) electrons. The first-order chi connectivity index (χ1) is 15.6. The Labute approximate surface area is 194 Å². The van der Waals surface area contributed by atoms with Crippen molar-refractivity contribution in [2.75, 3.05) is 15.8 Å². The number of nitrogens with zero attached hydrogens (tertiary/aromatic N) is 3. The number of fused-ring (bicyclic) bond motifs is 1. The molecule has 0 bridgehead atoms. The summed E-state index contributed by atoms with van der Waals surface area (Å²) in [5.41, 5.74) is 2.81. The summed E-state index contributed by atoms with van der Waals surface area (Å²) in [6.07, 6.45) is 3.28. The van der Waals surface area contributed by atoms with Crippen molar-refractivity contribution in [1.29, 1.82) is 0 Å². The molecule has 33 heavy (non-hydrogen) atoms. The van der Waals surface area contributed by atoms with Gasteiger partial charge in [0, 0.05) is 49.0 Å². The molecule has 0 aliphatic heterocycles. The summed E-state index contributed by atoms with van der Waals surface area (Å²) in [6, 6.07) is 8.92. The van der Waals surface area contributed by atoms with Gasteiger partial charge in [-0.25, -0.2) is 12.8 Å². The predicted octanol–water partition coefficient (Wildman–Crippen LogP) is 4.24. The van der Waals surface area contributed by atoms with E-state index >= 15 is 0 Å². The maximum Gasteiger partial charge on any atom is 0.261 e. The summed E-state index contributed by atoms with van der Waals surface area (Å²) in [5.74, 6) is -0.555. The molecule has 0 saturated carbocycles. The van der Waals surface area contributed by atoms with Gasteiger partial charge in [-0.3, -0.25) is 14.2 Å². The first-order valence-electron chi connectivity index (χ1n) is 9.98. The summed E-state index contributed by atoms with van der Waals surface area (Å²) in [4.78, 5) is 12.6. The Morgan fingerprint density at radius 1 is 1.06 bits per heavy atom. The van der Waals surface area contributed by atoms with Crippen LogP contribution in [0, 0.1) is 5.82 Å². The molecule has 0 saturated heterocycles. The summed E-state index contributed by atoms with van der Waals surface area (Å²) in [7, 11) is -0.171. The smallest absolute Gasteiger partial charge is 0.261 e. The van der Waals surface area contributed by atoms with Crippen molar-refractivity contribution >= 4 is 49.6 Å². The third-order valence-corrected chi connectivity index (χ3v) is 6.74. The highest BCUT2D eigenvalue weighted by atomic mass is 35.5. The molecule has 2 N–H and O–H groups in total. The quantitative estimate of drug-likeness (QED) is 0.422. The van der Waals surface area contributed by atoms with Gasteiger partial charge in [0.1, 0.15) is 11.3 Å². The first-order valence-corrected chi connectivity index (χ1v) is 12.0. The maximum atomic E-state index is 13.5. The molecule has 0 unspecified atom stereocenters. The number of pyridine rings is 1. The van der Waals surface area contributed by atoms with Crippen molar-refractivity contribution in [3.8, 4) is 11.1 Å². The summed E-state index contributed by atoms with van der Waals surface area (Å²) in [5, 5.41) is 8.23. The van der Waals surface area contributed by atoms with Crippen molar-refractivity contribution in [3.63, 3.8) is 0 Å². The average molecular weight is 490 g/mol. The molecular weight excluding hydrogens is 469 g/mol. The maximum absolute atomic E-state index is 13.5. The van der Waals surface area contributed by atoms with Crippen LogP contribution in [0.25, 0.3) is 22.0 Å². The third-order valence-electron chi connectivity index (χ3n) is 5.12. The van der Waals surface area contributed by atoms with E-state index in [1.165, 1.54) is 22.8 Å². The second-order valence-corrected chi connectivity index (χ2v) is 9.96. The topological polar surface area (TPSA) is 98.0 Å². The number of benzene rings is 2. The Hall–Kier alpha value is -3.37. The van der Waals surface area contributed by atoms with Crippen LogP contribution >= 0.6 is 11.6 Å². The predicted molar refractivity (Wildman–Crippen MR) is 129 cm³/mol. The molecule has 4 rings (SSSR count). The van der Waals surface area contributed by atoms with E-state index in [-0.39, 0.29) is 16.3 Å².